The normalized spacial score (nSPS) is 20.8. The summed E-state index contributed by atoms with van der Waals surface area (Å²) in [5, 5.41) is 11.6. The minimum atomic E-state index is -0.772. The van der Waals surface area contributed by atoms with E-state index in [1.54, 1.807) is 12.3 Å². The zero-order valence-corrected chi connectivity index (χ0v) is 11.5. The number of hydrogen-bond acceptors (Lipinski definition) is 4. The molecule has 1 aromatic heterocycles. The Kier molecular flexibility index (Phi) is 4.79. The monoisotopic (exact) mass is 280 g/mol. The second kappa shape index (κ2) is 6.56. The van der Waals surface area contributed by atoms with Crippen LogP contribution in [-0.4, -0.2) is 41.0 Å². The molecule has 0 aromatic carbocycles. The Morgan fingerprint density at radius 1 is 1.60 bits per heavy atom. The first kappa shape index (κ1) is 14.6. The van der Waals surface area contributed by atoms with Gasteiger partial charge in [-0.3, -0.25) is 14.5 Å². The van der Waals surface area contributed by atoms with Crippen LogP contribution in [0.2, 0.25) is 0 Å². The van der Waals surface area contributed by atoms with Crippen LogP contribution in [0.3, 0.4) is 0 Å². The van der Waals surface area contributed by atoms with Gasteiger partial charge in [0.15, 0.2) is 0 Å². The average Bonchev–Trinajstić information content (AvgIpc) is 3.05. The number of aliphatic carboxylic acids is 1. The zero-order chi connectivity index (χ0) is 14.5. The molecule has 1 aromatic rings. The summed E-state index contributed by atoms with van der Waals surface area (Å²) in [6, 6.07) is 3.34. The van der Waals surface area contributed by atoms with Crippen molar-refractivity contribution in [3.63, 3.8) is 0 Å². The van der Waals surface area contributed by atoms with Gasteiger partial charge < -0.3 is 14.8 Å². The molecule has 0 spiro atoms. The number of carbonyl (C=O) groups is 2. The maximum atomic E-state index is 12.0. The van der Waals surface area contributed by atoms with Crippen molar-refractivity contribution in [2.75, 3.05) is 13.1 Å². The number of carbonyl (C=O) groups excluding carboxylic acids is 1. The Morgan fingerprint density at radius 2 is 2.40 bits per heavy atom. The summed E-state index contributed by atoms with van der Waals surface area (Å²) in [4.78, 5) is 24.8. The van der Waals surface area contributed by atoms with Gasteiger partial charge in [0.25, 0.3) is 0 Å². The summed E-state index contributed by atoms with van der Waals surface area (Å²) >= 11 is 0. The largest absolute Gasteiger partial charge is 0.481 e. The predicted octanol–water partition coefficient (Wildman–Crippen LogP) is 1.08. The number of likely N-dealkylation sites (tertiary alicyclic amines) is 1. The van der Waals surface area contributed by atoms with Crippen LogP contribution in [0.15, 0.2) is 22.8 Å². The average molecular weight is 280 g/mol. The molecule has 6 nitrogen and oxygen atoms in total. The minimum Gasteiger partial charge on any atom is -0.481 e. The third-order valence-corrected chi connectivity index (χ3v) is 3.72. The van der Waals surface area contributed by atoms with E-state index >= 15 is 0 Å². The van der Waals surface area contributed by atoms with Crippen LogP contribution in [0.25, 0.3) is 0 Å². The topological polar surface area (TPSA) is 82.8 Å². The highest BCUT2D eigenvalue weighted by atomic mass is 16.4. The maximum Gasteiger partial charge on any atom is 0.303 e. The summed E-state index contributed by atoms with van der Waals surface area (Å²) in [6.45, 7) is 3.66. The Hall–Kier alpha value is -1.82. The second-order valence-corrected chi connectivity index (χ2v) is 5.22. The van der Waals surface area contributed by atoms with Crippen LogP contribution in [0.4, 0.5) is 0 Å². The zero-order valence-electron chi connectivity index (χ0n) is 11.5. The maximum absolute atomic E-state index is 12.0. The van der Waals surface area contributed by atoms with Crippen molar-refractivity contribution in [1.82, 2.24) is 10.2 Å². The van der Waals surface area contributed by atoms with E-state index in [2.05, 4.69) is 5.32 Å². The third-order valence-electron chi connectivity index (χ3n) is 3.72. The molecular formula is C14H20N2O4. The smallest absolute Gasteiger partial charge is 0.303 e. The van der Waals surface area contributed by atoms with E-state index in [0.29, 0.717) is 13.1 Å². The number of nitrogens with zero attached hydrogens (tertiary/aromatic N) is 1. The van der Waals surface area contributed by atoms with E-state index in [1.165, 1.54) is 0 Å². The molecule has 2 unspecified atom stereocenters. The van der Waals surface area contributed by atoms with Crippen LogP contribution in [0.5, 0.6) is 0 Å². The first-order valence-electron chi connectivity index (χ1n) is 6.82. The molecule has 110 valence electrons. The highest BCUT2D eigenvalue weighted by Crippen LogP contribution is 2.21. The lowest BCUT2D eigenvalue weighted by Gasteiger charge is -2.23. The van der Waals surface area contributed by atoms with Crippen LogP contribution in [0, 0.1) is 5.92 Å². The van der Waals surface area contributed by atoms with Gasteiger partial charge in [0, 0.05) is 13.0 Å². The number of furan rings is 1. The van der Waals surface area contributed by atoms with Gasteiger partial charge >= 0.3 is 5.97 Å². The van der Waals surface area contributed by atoms with Crippen molar-refractivity contribution < 1.29 is 19.1 Å². The van der Waals surface area contributed by atoms with Gasteiger partial charge in [-0.1, -0.05) is 0 Å². The summed E-state index contributed by atoms with van der Waals surface area (Å²) in [5.74, 6) is 0.0349. The lowest BCUT2D eigenvalue weighted by Crippen LogP contribution is -2.43. The van der Waals surface area contributed by atoms with Crippen LogP contribution >= 0.6 is 0 Å². The Balaban J connectivity index is 1.77. The van der Waals surface area contributed by atoms with Crippen molar-refractivity contribution in [2.45, 2.75) is 32.4 Å². The van der Waals surface area contributed by atoms with Crippen molar-refractivity contribution in [1.29, 1.82) is 0 Å². The molecule has 0 aliphatic carbocycles. The Labute approximate surface area is 117 Å². The summed E-state index contributed by atoms with van der Waals surface area (Å²) in [6.07, 6.45) is 2.58. The van der Waals surface area contributed by atoms with E-state index in [-0.39, 0.29) is 24.3 Å². The molecule has 2 rings (SSSR count). The number of carboxylic acids is 1. The number of carboxylic acid groups (broad SMARTS) is 1. The Bertz CT molecular complexity index is 458. The molecule has 1 aliphatic rings. The fraction of sp³-hybridized carbons (Fsp3) is 0.571. The summed E-state index contributed by atoms with van der Waals surface area (Å²) in [5.41, 5.74) is 0. The predicted molar refractivity (Wildman–Crippen MR) is 71.9 cm³/mol. The van der Waals surface area contributed by atoms with Crippen LogP contribution in [-0.2, 0) is 16.1 Å². The Morgan fingerprint density at radius 3 is 3.05 bits per heavy atom. The molecule has 1 amide bonds. The van der Waals surface area contributed by atoms with E-state index in [0.717, 1.165) is 18.7 Å². The van der Waals surface area contributed by atoms with Gasteiger partial charge in [-0.2, -0.15) is 0 Å². The van der Waals surface area contributed by atoms with Gasteiger partial charge in [-0.05, 0) is 37.9 Å². The van der Waals surface area contributed by atoms with Gasteiger partial charge in [0.2, 0.25) is 5.91 Å². The first-order valence-corrected chi connectivity index (χ1v) is 6.82. The van der Waals surface area contributed by atoms with Crippen molar-refractivity contribution in [3.05, 3.63) is 24.2 Å². The van der Waals surface area contributed by atoms with Crippen LogP contribution in [0.1, 0.15) is 25.5 Å². The lowest BCUT2D eigenvalue weighted by atomic mass is 10.1. The van der Waals surface area contributed by atoms with Gasteiger partial charge in [0.1, 0.15) is 5.76 Å². The molecule has 0 radical (unpaired) electrons. The summed E-state index contributed by atoms with van der Waals surface area (Å²) < 4.78 is 5.16. The molecule has 2 N–H and O–H groups in total. The second-order valence-electron chi connectivity index (χ2n) is 5.22. The van der Waals surface area contributed by atoms with E-state index < -0.39 is 5.97 Å². The molecular weight excluding hydrogens is 260 g/mol. The van der Waals surface area contributed by atoms with Gasteiger partial charge in [-0.25, -0.2) is 0 Å². The van der Waals surface area contributed by atoms with E-state index in [9.17, 15) is 9.59 Å². The van der Waals surface area contributed by atoms with Crippen molar-refractivity contribution >= 4 is 11.9 Å². The SMILES string of the molecule is CC(C(=O)NCc1ccco1)N1CCC(CC(=O)O)C1. The minimum absolute atomic E-state index is 0.0580. The highest BCUT2D eigenvalue weighted by Gasteiger charge is 2.30. The quantitative estimate of drug-likeness (QED) is 0.814. The number of nitrogens with one attached hydrogen (secondary N) is 1. The molecule has 0 bridgehead atoms. The highest BCUT2D eigenvalue weighted by molar-refractivity contribution is 5.81. The summed E-state index contributed by atoms with van der Waals surface area (Å²) in [7, 11) is 0. The van der Waals surface area contributed by atoms with E-state index in [4.69, 9.17) is 9.52 Å². The number of hydrogen-bond donors (Lipinski definition) is 2. The van der Waals surface area contributed by atoms with Crippen molar-refractivity contribution in [2.24, 2.45) is 5.92 Å². The van der Waals surface area contributed by atoms with Gasteiger partial charge in [-0.15, -0.1) is 0 Å². The third kappa shape index (κ3) is 3.84. The standard InChI is InChI=1S/C14H20N2O4/c1-10(14(19)15-8-12-3-2-6-20-12)16-5-4-11(9-16)7-13(17)18/h2-3,6,10-11H,4-5,7-9H2,1H3,(H,15,19)(H,17,18). The van der Waals surface area contributed by atoms with Gasteiger partial charge in [0.05, 0.1) is 18.8 Å². The number of amides is 1. The van der Waals surface area contributed by atoms with E-state index in [1.807, 2.05) is 17.9 Å². The fourth-order valence-corrected chi connectivity index (χ4v) is 2.53. The molecule has 20 heavy (non-hydrogen) atoms. The molecule has 1 fully saturated rings. The fourth-order valence-electron chi connectivity index (χ4n) is 2.53. The lowest BCUT2D eigenvalue weighted by molar-refractivity contribution is -0.138. The van der Waals surface area contributed by atoms with Crippen LogP contribution < -0.4 is 5.32 Å². The molecule has 1 aliphatic heterocycles. The molecule has 2 atom stereocenters. The molecule has 1 saturated heterocycles. The molecule has 0 saturated carbocycles. The molecule has 2 heterocycles. The molecule has 6 heteroatoms. The van der Waals surface area contributed by atoms with Crippen molar-refractivity contribution in [3.8, 4) is 0 Å². The first-order chi connectivity index (χ1) is 9.56. The number of rotatable bonds is 6.